The standard InChI is InChI=1S/C22H28N6O4S/c1-9(8-32-4)24-21-25-10(2)15(20-27-16-11(3)23-6-5-14(16)33-20)19(28-21)26-13-7-12-17(29)22(12,31)18(13)30/h5-6,9,12-13,17-18,29-31H,7-8H2,1-4H3,(H2,24,25,26,28)/t9-,12-,13-,17?,18+,22+/m1/s1. The second-order valence-corrected chi connectivity index (χ2v) is 10.0. The summed E-state index contributed by atoms with van der Waals surface area (Å²) in [6.07, 6.45) is 0.210. The number of pyridine rings is 1. The van der Waals surface area contributed by atoms with Crippen molar-refractivity contribution in [1.82, 2.24) is 19.9 Å². The van der Waals surface area contributed by atoms with Crippen molar-refractivity contribution in [2.24, 2.45) is 5.92 Å². The highest BCUT2D eigenvalue weighted by Gasteiger charge is 2.74. The van der Waals surface area contributed by atoms with Crippen molar-refractivity contribution in [2.75, 3.05) is 24.4 Å². The Morgan fingerprint density at radius 3 is 2.67 bits per heavy atom. The van der Waals surface area contributed by atoms with Gasteiger partial charge in [-0.3, -0.25) is 4.98 Å². The Balaban J connectivity index is 1.55. The first-order valence-electron chi connectivity index (χ1n) is 11.0. The molecule has 0 amide bonds. The van der Waals surface area contributed by atoms with Crippen molar-refractivity contribution in [3.63, 3.8) is 0 Å². The average molecular weight is 473 g/mol. The number of thiazole rings is 1. The molecule has 33 heavy (non-hydrogen) atoms. The van der Waals surface area contributed by atoms with Gasteiger partial charge < -0.3 is 30.7 Å². The molecule has 6 atom stereocenters. The lowest BCUT2D eigenvalue weighted by atomic mass is 10.1. The predicted molar refractivity (Wildman–Crippen MR) is 125 cm³/mol. The lowest BCUT2D eigenvalue weighted by molar-refractivity contribution is -0.0262. The third-order valence-corrected chi connectivity index (χ3v) is 7.65. The topological polar surface area (TPSA) is 146 Å². The highest BCUT2D eigenvalue weighted by atomic mass is 32.1. The SMILES string of the molecule is COC[C@@H](C)Nc1nc(C)c(-c2nc3c(C)nccc3s2)c(N[C@@H]2C[C@@H]3C(O)[C@]3(O)[C@H]2O)n1. The summed E-state index contributed by atoms with van der Waals surface area (Å²) in [5.74, 6) is 0.605. The number of anilines is 2. The van der Waals surface area contributed by atoms with Gasteiger partial charge in [-0.05, 0) is 33.3 Å². The van der Waals surface area contributed by atoms with E-state index >= 15 is 0 Å². The summed E-state index contributed by atoms with van der Waals surface area (Å²) < 4.78 is 6.21. The van der Waals surface area contributed by atoms with Crippen LogP contribution in [0.2, 0.25) is 0 Å². The molecule has 0 aromatic carbocycles. The molecular weight excluding hydrogens is 444 g/mol. The molecule has 2 aliphatic carbocycles. The maximum atomic E-state index is 10.7. The van der Waals surface area contributed by atoms with Crippen LogP contribution in [0.4, 0.5) is 11.8 Å². The lowest BCUT2D eigenvalue weighted by Crippen LogP contribution is -2.42. The molecule has 2 fully saturated rings. The number of hydrogen-bond acceptors (Lipinski definition) is 11. The minimum atomic E-state index is -1.45. The number of rotatable bonds is 7. The van der Waals surface area contributed by atoms with Gasteiger partial charge in [0.25, 0.3) is 0 Å². The van der Waals surface area contributed by atoms with E-state index in [4.69, 9.17) is 14.7 Å². The molecule has 0 saturated heterocycles. The van der Waals surface area contributed by atoms with Crippen molar-refractivity contribution in [1.29, 1.82) is 0 Å². The Bertz CT molecular complexity index is 1210. The largest absolute Gasteiger partial charge is 0.390 e. The number of fused-ring (bicyclic) bond motifs is 2. The van der Waals surface area contributed by atoms with Gasteiger partial charge in [0.1, 0.15) is 28.0 Å². The zero-order chi connectivity index (χ0) is 23.5. The zero-order valence-electron chi connectivity index (χ0n) is 18.9. The Labute approximate surface area is 195 Å². The second kappa shape index (κ2) is 8.10. The van der Waals surface area contributed by atoms with E-state index < -0.39 is 23.9 Å². The maximum Gasteiger partial charge on any atom is 0.225 e. The van der Waals surface area contributed by atoms with Crippen LogP contribution in [-0.2, 0) is 4.74 Å². The van der Waals surface area contributed by atoms with Crippen LogP contribution in [0.25, 0.3) is 20.8 Å². The van der Waals surface area contributed by atoms with Crippen LogP contribution in [-0.4, -0.2) is 78.9 Å². The minimum Gasteiger partial charge on any atom is -0.390 e. The fourth-order valence-corrected chi connectivity index (χ4v) is 5.91. The summed E-state index contributed by atoms with van der Waals surface area (Å²) in [4.78, 5) is 18.5. The predicted octanol–water partition coefficient (Wildman–Crippen LogP) is 1.48. The molecule has 3 aromatic heterocycles. The van der Waals surface area contributed by atoms with Gasteiger partial charge >= 0.3 is 0 Å². The monoisotopic (exact) mass is 472 g/mol. The molecule has 11 heteroatoms. The number of aryl methyl sites for hydroxylation is 2. The average Bonchev–Trinajstić information content (AvgIpc) is 3.06. The number of nitrogens with zero attached hydrogens (tertiary/aromatic N) is 4. The Kier molecular flexibility index (Phi) is 5.49. The van der Waals surface area contributed by atoms with E-state index in [9.17, 15) is 15.3 Å². The third-order valence-electron chi connectivity index (χ3n) is 6.61. The summed E-state index contributed by atoms with van der Waals surface area (Å²) in [7, 11) is 1.64. The first kappa shape index (κ1) is 22.4. The summed E-state index contributed by atoms with van der Waals surface area (Å²) in [5.41, 5.74) is 1.68. The van der Waals surface area contributed by atoms with Crippen LogP contribution in [0.3, 0.4) is 0 Å². The first-order chi connectivity index (χ1) is 15.7. The van der Waals surface area contributed by atoms with Crippen LogP contribution in [0, 0.1) is 19.8 Å². The molecule has 2 saturated carbocycles. The van der Waals surface area contributed by atoms with E-state index in [1.54, 1.807) is 13.3 Å². The quantitative estimate of drug-likeness (QED) is 0.343. The molecular formula is C22H28N6O4S. The normalized spacial score (nSPS) is 29.2. The lowest BCUT2D eigenvalue weighted by Gasteiger charge is -2.25. The van der Waals surface area contributed by atoms with Crippen LogP contribution in [0.15, 0.2) is 12.3 Å². The summed E-state index contributed by atoms with van der Waals surface area (Å²) in [6.45, 7) is 6.28. The van der Waals surface area contributed by atoms with Gasteiger partial charge in [0.15, 0.2) is 0 Å². The van der Waals surface area contributed by atoms with Gasteiger partial charge in [-0.25, -0.2) is 9.97 Å². The van der Waals surface area contributed by atoms with Crippen molar-refractivity contribution in [3.05, 3.63) is 23.7 Å². The van der Waals surface area contributed by atoms with Crippen LogP contribution >= 0.6 is 11.3 Å². The summed E-state index contributed by atoms with van der Waals surface area (Å²) in [6, 6.07) is 1.46. The Morgan fingerprint density at radius 2 is 2.00 bits per heavy atom. The number of aromatic nitrogens is 4. The Hall–Kier alpha value is -2.44. The fourth-order valence-electron chi connectivity index (χ4n) is 4.80. The van der Waals surface area contributed by atoms with Crippen molar-refractivity contribution in [2.45, 2.75) is 57.1 Å². The first-order valence-corrected chi connectivity index (χ1v) is 11.8. The van der Waals surface area contributed by atoms with Crippen LogP contribution in [0.1, 0.15) is 24.7 Å². The molecule has 3 heterocycles. The van der Waals surface area contributed by atoms with Crippen molar-refractivity contribution < 1.29 is 20.1 Å². The fraction of sp³-hybridized carbons (Fsp3) is 0.545. The van der Waals surface area contributed by atoms with Gasteiger partial charge in [0.2, 0.25) is 5.95 Å². The van der Waals surface area contributed by atoms with Crippen LogP contribution in [0.5, 0.6) is 0 Å². The molecule has 0 spiro atoms. The number of hydrogen-bond donors (Lipinski definition) is 5. The summed E-state index contributed by atoms with van der Waals surface area (Å²) >= 11 is 1.53. The maximum absolute atomic E-state index is 10.7. The number of aliphatic hydroxyl groups excluding tert-OH is 2. The van der Waals surface area contributed by atoms with Gasteiger partial charge in [0, 0.05) is 25.3 Å². The van der Waals surface area contributed by atoms with E-state index in [1.807, 2.05) is 26.8 Å². The highest BCUT2D eigenvalue weighted by molar-refractivity contribution is 7.21. The third kappa shape index (κ3) is 3.64. The van der Waals surface area contributed by atoms with Crippen molar-refractivity contribution >= 4 is 33.3 Å². The molecule has 1 unspecified atom stereocenters. The van der Waals surface area contributed by atoms with Gasteiger partial charge in [-0.15, -0.1) is 11.3 Å². The summed E-state index contributed by atoms with van der Waals surface area (Å²) in [5, 5.41) is 38.5. The van der Waals surface area contributed by atoms with Crippen LogP contribution < -0.4 is 10.6 Å². The number of methoxy groups -OCH3 is 1. The molecule has 0 radical (unpaired) electrons. The molecule has 176 valence electrons. The smallest absolute Gasteiger partial charge is 0.225 e. The van der Waals surface area contributed by atoms with E-state index in [0.29, 0.717) is 24.8 Å². The molecule has 5 N–H and O–H groups in total. The van der Waals surface area contributed by atoms with E-state index in [2.05, 4.69) is 20.6 Å². The van der Waals surface area contributed by atoms with E-state index in [-0.39, 0.29) is 12.0 Å². The number of nitrogens with one attached hydrogen (secondary N) is 2. The minimum absolute atomic E-state index is 0.00940. The number of aliphatic hydroxyl groups is 3. The second-order valence-electron chi connectivity index (χ2n) is 8.99. The Morgan fingerprint density at radius 1 is 1.21 bits per heavy atom. The van der Waals surface area contributed by atoms with E-state index in [1.165, 1.54) is 11.3 Å². The molecule has 0 aliphatic heterocycles. The number of ether oxygens (including phenoxy) is 1. The van der Waals surface area contributed by atoms with Crippen molar-refractivity contribution in [3.8, 4) is 10.6 Å². The molecule has 0 bridgehead atoms. The molecule has 10 nitrogen and oxygen atoms in total. The molecule has 5 rings (SSSR count). The molecule has 2 aliphatic rings. The van der Waals surface area contributed by atoms with Gasteiger partial charge in [-0.2, -0.15) is 4.98 Å². The van der Waals surface area contributed by atoms with E-state index in [0.717, 1.165) is 32.2 Å². The van der Waals surface area contributed by atoms with Gasteiger partial charge in [-0.1, -0.05) is 0 Å². The zero-order valence-corrected chi connectivity index (χ0v) is 19.7. The highest BCUT2D eigenvalue weighted by Crippen LogP contribution is 2.56. The van der Waals surface area contributed by atoms with Gasteiger partial charge in [0.05, 0.1) is 40.4 Å². The molecule has 3 aromatic rings.